The molecule has 4 fully saturated rings. The van der Waals surface area contributed by atoms with E-state index >= 15 is 0 Å². The first kappa shape index (κ1) is 17.3. The zero-order valence-corrected chi connectivity index (χ0v) is 14.9. The van der Waals surface area contributed by atoms with Gasteiger partial charge in [-0.2, -0.15) is 0 Å². The molecule has 0 bridgehead atoms. The van der Waals surface area contributed by atoms with Gasteiger partial charge in [0, 0.05) is 19.6 Å². The fraction of sp³-hybridized carbons (Fsp3) is 1.00. The smallest absolute Gasteiger partial charge is 0.0866 e. The van der Waals surface area contributed by atoms with E-state index in [-0.39, 0.29) is 6.10 Å². The molecule has 0 radical (unpaired) electrons. The molecule has 4 nitrogen and oxygen atoms in total. The molecule has 0 amide bonds. The van der Waals surface area contributed by atoms with Crippen LogP contribution in [0.15, 0.2) is 0 Å². The minimum absolute atomic E-state index is 0.132. The summed E-state index contributed by atoms with van der Waals surface area (Å²) in [5.41, 5.74) is 0. The molecule has 0 aromatic heterocycles. The molecule has 0 aromatic carbocycles. The van der Waals surface area contributed by atoms with Crippen LogP contribution >= 0.6 is 0 Å². The second-order valence-corrected chi connectivity index (χ2v) is 8.64. The topological polar surface area (TPSA) is 51.2 Å². The Morgan fingerprint density at radius 2 is 1.38 bits per heavy atom. The first-order valence-electron chi connectivity index (χ1n) is 10.3. The van der Waals surface area contributed by atoms with E-state index in [1.54, 1.807) is 0 Å². The van der Waals surface area contributed by atoms with E-state index in [2.05, 4.69) is 0 Å². The van der Waals surface area contributed by atoms with E-state index < -0.39 is 0 Å². The van der Waals surface area contributed by atoms with E-state index in [0.717, 1.165) is 57.2 Å². The van der Waals surface area contributed by atoms with E-state index in [9.17, 15) is 5.11 Å². The number of fused-ring (bicyclic) bond motifs is 1. The van der Waals surface area contributed by atoms with E-state index in [1.165, 1.54) is 38.5 Å². The number of epoxide rings is 1. The average Bonchev–Trinajstić information content (AvgIpc) is 3.38. The molecule has 0 aromatic rings. The number of aliphatic hydroxyl groups excluding tert-OH is 1. The van der Waals surface area contributed by atoms with Gasteiger partial charge in [0.1, 0.15) is 0 Å². The maximum Gasteiger partial charge on any atom is 0.0866 e. The molecule has 4 aliphatic rings. The lowest BCUT2D eigenvalue weighted by Crippen LogP contribution is -2.30. The van der Waals surface area contributed by atoms with E-state index in [0.29, 0.717) is 24.4 Å². The molecule has 5 atom stereocenters. The number of aliphatic hydroxyl groups is 1. The predicted octanol–water partition coefficient (Wildman–Crippen LogP) is 3.45. The lowest BCUT2D eigenvalue weighted by molar-refractivity contribution is -0.0391. The maximum absolute atomic E-state index is 9.74. The molecule has 1 heterocycles. The van der Waals surface area contributed by atoms with Crippen molar-refractivity contribution in [1.29, 1.82) is 0 Å². The van der Waals surface area contributed by atoms with Gasteiger partial charge in [0.15, 0.2) is 0 Å². The van der Waals surface area contributed by atoms with Crippen LogP contribution in [0.25, 0.3) is 0 Å². The highest BCUT2D eigenvalue weighted by Gasteiger charge is 2.44. The summed E-state index contributed by atoms with van der Waals surface area (Å²) in [6.07, 6.45) is 14.4. The average molecular weight is 338 g/mol. The van der Waals surface area contributed by atoms with Crippen LogP contribution in [-0.2, 0) is 14.2 Å². The summed E-state index contributed by atoms with van der Waals surface area (Å²) in [6.45, 7) is 1.85. The SMILES string of the molecule is OC1CCCC(OCC2CCC(COC3CCC4OC4C3)CC2)C1. The van der Waals surface area contributed by atoms with Crippen molar-refractivity contribution in [2.24, 2.45) is 11.8 Å². The van der Waals surface area contributed by atoms with Crippen molar-refractivity contribution >= 4 is 0 Å². The fourth-order valence-electron chi connectivity index (χ4n) is 4.90. The van der Waals surface area contributed by atoms with Crippen LogP contribution in [0.3, 0.4) is 0 Å². The minimum Gasteiger partial charge on any atom is -0.393 e. The zero-order valence-electron chi connectivity index (χ0n) is 14.9. The van der Waals surface area contributed by atoms with Crippen LogP contribution in [0, 0.1) is 11.8 Å². The van der Waals surface area contributed by atoms with Crippen LogP contribution in [0.2, 0.25) is 0 Å². The van der Waals surface area contributed by atoms with Gasteiger partial charge in [0.25, 0.3) is 0 Å². The Morgan fingerprint density at radius 3 is 2.00 bits per heavy atom. The monoisotopic (exact) mass is 338 g/mol. The Balaban J connectivity index is 1.08. The van der Waals surface area contributed by atoms with Gasteiger partial charge in [-0.25, -0.2) is 0 Å². The third kappa shape index (κ3) is 4.72. The van der Waals surface area contributed by atoms with Crippen LogP contribution in [0.5, 0.6) is 0 Å². The van der Waals surface area contributed by atoms with Crippen molar-refractivity contribution in [3.05, 3.63) is 0 Å². The van der Waals surface area contributed by atoms with Crippen LogP contribution < -0.4 is 0 Å². The largest absolute Gasteiger partial charge is 0.393 e. The first-order chi connectivity index (χ1) is 11.8. The van der Waals surface area contributed by atoms with Gasteiger partial charge < -0.3 is 19.3 Å². The number of hydrogen-bond acceptors (Lipinski definition) is 4. The van der Waals surface area contributed by atoms with Crippen molar-refractivity contribution in [2.75, 3.05) is 13.2 Å². The summed E-state index contributed by atoms with van der Waals surface area (Å²) in [4.78, 5) is 0. The molecule has 1 saturated heterocycles. The van der Waals surface area contributed by atoms with E-state index in [4.69, 9.17) is 14.2 Å². The first-order valence-corrected chi connectivity index (χ1v) is 10.3. The number of ether oxygens (including phenoxy) is 3. The van der Waals surface area contributed by atoms with Gasteiger partial charge in [-0.05, 0) is 76.0 Å². The summed E-state index contributed by atoms with van der Waals surface area (Å²) in [5.74, 6) is 1.46. The normalized spacial score (nSPS) is 45.6. The summed E-state index contributed by atoms with van der Waals surface area (Å²) in [7, 11) is 0. The Bertz CT molecular complexity index is 375. The molecule has 3 aliphatic carbocycles. The molecule has 138 valence electrons. The summed E-state index contributed by atoms with van der Waals surface area (Å²) < 4.78 is 17.9. The lowest BCUT2D eigenvalue weighted by atomic mass is 9.82. The molecule has 1 N–H and O–H groups in total. The van der Waals surface area contributed by atoms with Crippen LogP contribution in [-0.4, -0.2) is 48.8 Å². The Labute approximate surface area is 146 Å². The highest BCUT2D eigenvalue weighted by Crippen LogP contribution is 2.38. The fourth-order valence-corrected chi connectivity index (χ4v) is 4.90. The lowest BCUT2D eigenvalue weighted by Gasteiger charge is -2.32. The molecule has 0 spiro atoms. The Morgan fingerprint density at radius 1 is 0.708 bits per heavy atom. The molecule has 4 rings (SSSR count). The number of rotatable bonds is 6. The Hall–Kier alpha value is -0.160. The van der Waals surface area contributed by atoms with Gasteiger partial charge >= 0.3 is 0 Å². The van der Waals surface area contributed by atoms with Gasteiger partial charge in [-0.3, -0.25) is 0 Å². The van der Waals surface area contributed by atoms with E-state index in [1.807, 2.05) is 0 Å². The second-order valence-electron chi connectivity index (χ2n) is 8.64. The van der Waals surface area contributed by atoms with Gasteiger partial charge in [-0.15, -0.1) is 0 Å². The number of hydrogen-bond donors (Lipinski definition) is 1. The summed E-state index contributed by atoms with van der Waals surface area (Å²) >= 11 is 0. The third-order valence-corrected chi connectivity index (χ3v) is 6.66. The Kier molecular flexibility index (Phi) is 5.77. The standard InChI is InChI=1S/C20H34O4/c21-16-2-1-3-17(10-16)22-12-14-4-6-15(7-5-14)13-23-18-8-9-19-20(11-18)24-19/h14-21H,1-13H2. The van der Waals surface area contributed by atoms with Gasteiger partial charge in [0.05, 0.1) is 30.5 Å². The molecule has 4 heteroatoms. The predicted molar refractivity (Wildman–Crippen MR) is 91.9 cm³/mol. The van der Waals surface area contributed by atoms with Gasteiger partial charge in [-0.1, -0.05) is 0 Å². The quantitative estimate of drug-likeness (QED) is 0.754. The molecule has 24 heavy (non-hydrogen) atoms. The second kappa shape index (κ2) is 8.03. The summed E-state index contributed by atoms with van der Waals surface area (Å²) in [5, 5.41) is 9.74. The highest BCUT2D eigenvalue weighted by molar-refractivity contribution is 4.92. The molecular formula is C20H34O4. The zero-order chi connectivity index (χ0) is 16.4. The van der Waals surface area contributed by atoms with Crippen molar-refractivity contribution in [2.45, 2.75) is 101 Å². The molecule has 3 saturated carbocycles. The van der Waals surface area contributed by atoms with Crippen molar-refractivity contribution < 1.29 is 19.3 Å². The van der Waals surface area contributed by atoms with Crippen LogP contribution in [0.1, 0.15) is 70.6 Å². The molecular weight excluding hydrogens is 304 g/mol. The highest BCUT2D eigenvalue weighted by atomic mass is 16.6. The molecule has 1 aliphatic heterocycles. The maximum atomic E-state index is 9.74. The summed E-state index contributed by atoms with van der Waals surface area (Å²) in [6, 6.07) is 0. The third-order valence-electron chi connectivity index (χ3n) is 6.66. The van der Waals surface area contributed by atoms with Crippen molar-refractivity contribution in [1.82, 2.24) is 0 Å². The molecule has 5 unspecified atom stereocenters. The van der Waals surface area contributed by atoms with Crippen molar-refractivity contribution in [3.8, 4) is 0 Å². The van der Waals surface area contributed by atoms with Gasteiger partial charge in [0.2, 0.25) is 0 Å². The van der Waals surface area contributed by atoms with Crippen molar-refractivity contribution in [3.63, 3.8) is 0 Å². The minimum atomic E-state index is -0.132. The van der Waals surface area contributed by atoms with Crippen LogP contribution in [0.4, 0.5) is 0 Å².